The number of fused-ring (bicyclic) bond motifs is 1. The second kappa shape index (κ2) is 8.80. The van der Waals surface area contributed by atoms with Crippen molar-refractivity contribution in [2.45, 2.75) is 30.9 Å². The van der Waals surface area contributed by atoms with Gasteiger partial charge in [0.05, 0.1) is 21.0 Å². The molecule has 0 unspecified atom stereocenters. The number of nitrogens with zero attached hydrogens (tertiary/aromatic N) is 4. The van der Waals surface area contributed by atoms with Gasteiger partial charge in [-0.05, 0) is 43.5 Å². The Morgan fingerprint density at radius 2 is 2.03 bits per heavy atom. The predicted molar refractivity (Wildman–Crippen MR) is 123 cm³/mol. The molecular formula is C23H22N4O2S2. The second-order valence-corrected chi connectivity index (χ2v) is 9.66. The molecule has 31 heavy (non-hydrogen) atoms. The molecule has 2 aromatic carbocycles. The van der Waals surface area contributed by atoms with Crippen LogP contribution in [0.15, 0.2) is 58.2 Å². The summed E-state index contributed by atoms with van der Waals surface area (Å²) in [6.45, 7) is 3.52. The molecule has 3 heterocycles. The highest BCUT2D eigenvalue weighted by Gasteiger charge is 2.27. The zero-order valence-corrected chi connectivity index (χ0v) is 18.8. The molecule has 1 saturated heterocycles. The van der Waals surface area contributed by atoms with Crippen LogP contribution in [0.25, 0.3) is 21.7 Å². The van der Waals surface area contributed by atoms with E-state index in [-0.39, 0.29) is 5.91 Å². The molecule has 0 aliphatic carbocycles. The smallest absolute Gasteiger partial charge is 0.277 e. The third-order valence-corrected chi connectivity index (χ3v) is 7.54. The van der Waals surface area contributed by atoms with Gasteiger partial charge in [-0.3, -0.25) is 4.79 Å². The Hall–Kier alpha value is -2.71. The van der Waals surface area contributed by atoms with Crippen LogP contribution in [-0.2, 0) is 4.79 Å². The van der Waals surface area contributed by atoms with Crippen molar-refractivity contribution in [1.29, 1.82) is 0 Å². The molecule has 0 spiro atoms. The van der Waals surface area contributed by atoms with Gasteiger partial charge in [0.1, 0.15) is 0 Å². The average molecular weight is 451 g/mol. The first-order valence-electron chi connectivity index (χ1n) is 10.3. The number of aryl methyl sites for hydroxylation is 1. The number of thioether (sulfide) groups is 1. The monoisotopic (exact) mass is 450 g/mol. The van der Waals surface area contributed by atoms with Gasteiger partial charge in [0.15, 0.2) is 0 Å². The van der Waals surface area contributed by atoms with E-state index in [0.29, 0.717) is 22.8 Å². The first kappa shape index (κ1) is 20.2. The molecule has 1 aliphatic heterocycles. The van der Waals surface area contributed by atoms with Crippen molar-refractivity contribution in [3.8, 4) is 11.5 Å². The minimum absolute atomic E-state index is 0.103. The summed E-state index contributed by atoms with van der Waals surface area (Å²) in [6.07, 6.45) is 2.06. The van der Waals surface area contributed by atoms with E-state index in [9.17, 15) is 4.79 Å². The number of rotatable bonds is 5. The van der Waals surface area contributed by atoms with Crippen molar-refractivity contribution in [2.75, 3.05) is 18.8 Å². The zero-order valence-electron chi connectivity index (χ0n) is 17.2. The topological polar surface area (TPSA) is 72.1 Å². The molecule has 1 fully saturated rings. The number of para-hydroxylation sites is 1. The summed E-state index contributed by atoms with van der Waals surface area (Å²) in [5.74, 6) is 1.19. The van der Waals surface area contributed by atoms with E-state index in [1.165, 1.54) is 16.5 Å². The molecule has 0 N–H and O–H groups in total. The highest BCUT2D eigenvalue weighted by atomic mass is 32.2. The van der Waals surface area contributed by atoms with Crippen LogP contribution < -0.4 is 0 Å². The Morgan fingerprint density at radius 3 is 2.90 bits per heavy atom. The van der Waals surface area contributed by atoms with E-state index >= 15 is 0 Å². The summed E-state index contributed by atoms with van der Waals surface area (Å²) in [7, 11) is 0. The molecule has 5 rings (SSSR count). The van der Waals surface area contributed by atoms with E-state index in [2.05, 4.69) is 16.3 Å². The van der Waals surface area contributed by atoms with Crippen LogP contribution >= 0.6 is 23.1 Å². The van der Waals surface area contributed by atoms with Crippen molar-refractivity contribution in [2.24, 2.45) is 0 Å². The maximum atomic E-state index is 12.8. The van der Waals surface area contributed by atoms with E-state index in [4.69, 9.17) is 9.40 Å². The maximum Gasteiger partial charge on any atom is 0.277 e. The summed E-state index contributed by atoms with van der Waals surface area (Å²) in [5.41, 5.74) is 3.04. The molecule has 1 aliphatic rings. The van der Waals surface area contributed by atoms with Gasteiger partial charge >= 0.3 is 0 Å². The van der Waals surface area contributed by atoms with E-state index < -0.39 is 0 Å². The number of amides is 1. The Labute approximate surface area is 188 Å². The number of hydrogen-bond acceptors (Lipinski definition) is 7. The fourth-order valence-corrected chi connectivity index (χ4v) is 5.63. The van der Waals surface area contributed by atoms with Crippen molar-refractivity contribution < 1.29 is 9.21 Å². The van der Waals surface area contributed by atoms with Gasteiger partial charge in [0.2, 0.25) is 11.8 Å². The van der Waals surface area contributed by atoms with Gasteiger partial charge in [0.25, 0.3) is 5.22 Å². The fourth-order valence-electron chi connectivity index (χ4n) is 3.87. The molecule has 8 heteroatoms. The van der Waals surface area contributed by atoms with Gasteiger partial charge < -0.3 is 9.32 Å². The van der Waals surface area contributed by atoms with Gasteiger partial charge in [0, 0.05) is 24.6 Å². The predicted octanol–water partition coefficient (Wildman–Crippen LogP) is 5.15. The van der Waals surface area contributed by atoms with Crippen LogP contribution in [0, 0.1) is 6.92 Å². The molecule has 1 amide bonds. The molecular weight excluding hydrogens is 428 g/mol. The fraction of sp³-hybridized carbons (Fsp3) is 0.304. The Morgan fingerprint density at radius 1 is 1.19 bits per heavy atom. The minimum Gasteiger partial charge on any atom is -0.411 e. The number of carbonyl (C=O) groups is 1. The first-order chi connectivity index (χ1) is 15.2. The third kappa shape index (κ3) is 4.36. The Balaban J connectivity index is 1.21. The first-order valence-corrected chi connectivity index (χ1v) is 12.1. The third-order valence-electron chi connectivity index (χ3n) is 5.53. The Bertz CT molecular complexity index is 1190. The molecule has 0 bridgehead atoms. The van der Waals surface area contributed by atoms with Crippen molar-refractivity contribution in [1.82, 2.24) is 20.1 Å². The van der Waals surface area contributed by atoms with Gasteiger partial charge in [-0.1, -0.05) is 42.1 Å². The van der Waals surface area contributed by atoms with Gasteiger partial charge in [-0.25, -0.2) is 4.98 Å². The molecule has 158 valence electrons. The molecule has 0 radical (unpaired) electrons. The van der Waals surface area contributed by atoms with Crippen LogP contribution in [-0.4, -0.2) is 44.8 Å². The summed E-state index contributed by atoms with van der Waals surface area (Å²) in [4.78, 5) is 19.6. The number of benzene rings is 2. The number of aromatic nitrogens is 3. The molecule has 0 saturated carbocycles. The number of piperidine rings is 1. The largest absolute Gasteiger partial charge is 0.411 e. The lowest BCUT2D eigenvalue weighted by atomic mass is 9.99. The lowest BCUT2D eigenvalue weighted by Gasteiger charge is -2.31. The molecule has 1 atom stereocenters. The van der Waals surface area contributed by atoms with Crippen LogP contribution in [0.1, 0.15) is 29.3 Å². The van der Waals surface area contributed by atoms with E-state index in [1.54, 1.807) is 11.3 Å². The normalized spacial score (nSPS) is 16.7. The molecule has 2 aromatic heterocycles. The van der Waals surface area contributed by atoms with Crippen molar-refractivity contribution >= 4 is 39.2 Å². The standard InChI is InChI=1S/C23H22N4O2S2/c1-15-7-2-3-9-17(15)21-25-26-23(29-21)30-14-20(28)27-12-6-8-16(13-27)22-24-18-10-4-5-11-19(18)31-22/h2-5,7,9-11,16H,6,8,12-14H2,1H3/t16-/m1/s1. The van der Waals surface area contributed by atoms with Gasteiger partial charge in [-0.15, -0.1) is 21.5 Å². The van der Waals surface area contributed by atoms with Crippen molar-refractivity contribution in [3.63, 3.8) is 0 Å². The van der Waals surface area contributed by atoms with Crippen LogP contribution in [0.4, 0.5) is 0 Å². The number of hydrogen-bond donors (Lipinski definition) is 0. The van der Waals surface area contributed by atoms with Gasteiger partial charge in [-0.2, -0.15) is 0 Å². The summed E-state index contributed by atoms with van der Waals surface area (Å²) in [5, 5.41) is 9.80. The Kier molecular flexibility index (Phi) is 5.74. The SMILES string of the molecule is Cc1ccccc1-c1nnc(SCC(=O)N2CCC[C@@H](c3nc4ccccc4s3)C2)o1. The summed E-state index contributed by atoms with van der Waals surface area (Å²) >= 11 is 3.04. The lowest BCUT2D eigenvalue weighted by Crippen LogP contribution is -2.40. The highest BCUT2D eigenvalue weighted by Crippen LogP contribution is 2.33. The maximum absolute atomic E-state index is 12.8. The molecule has 4 aromatic rings. The van der Waals surface area contributed by atoms with Crippen LogP contribution in [0.3, 0.4) is 0 Å². The summed E-state index contributed by atoms with van der Waals surface area (Å²) in [6, 6.07) is 16.1. The van der Waals surface area contributed by atoms with E-state index in [0.717, 1.165) is 47.6 Å². The number of thiazole rings is 1. The minimum atomic E-state index is 0.103. The summed E-state index contributed by atoms with van der Waals surface area (Å²) < 4.78 is 6.98. The molecule has 6 nitrogen and oxygen atoms in total. The quantitative estimate of drug-likeness (QED) is 0.392. The van der Waals surface area contributed by atoms with E-state index in [1.807, 2.05) is 54.3 Å². The van der Waals surface area contributed by atoms with Crippen LogP contribution in [0.2, 0.25) is 0 Å². The van der Waals surface area contributed by atoms with Crippen LogP contribution in [0.5, 0.6) is 0 Å². The second-order valence-electron chi connectivity index (χ2n) is 7.68. The lowest BCUT2D eigenvalue weighted by molar-refractivity contribution is -0.129. The number of likely N-dealkylation sites (tertiary alicyclic amines) is 1. The number of carbonyl (C=O) groups excluding carboxylic acids is 1. The highest BCUT2D eigenvalue weighted by molar-refractivity contribution is 7.99. The average Bonchev–Trinajstić information content (AvgIpc) is 3.45. The van der Waals surface area contributed by atoms with Crippen molar-refractivity contribution in [3.05, 3.63) is 59.1 Å². The zero-order chi connectivity index (χ0) is 21.2.